The molecule has 2 N–H and O–H groups in total. The van der Waals surface area contributed by atoms with E-state index in [1.165, 1.54) is 0 Å². The van der Waals surface area contributed by atoms with Gasteiger partial charge in [0, 0.05) is 18.7 Å². The molecule has 2 heterocycles. The van der Waals surface area contributed by atoms with Gasteiger partial charge in [-0.1, -0.05) is 20.3 Å². The summed E-state index contributed by atoms with van der Waals surface area (Å²) in [5.41, 5.74) is 1.16. The zero-order valence-corrected chi connectivity index (χ0v) is 13.0. The average molecular weight is 294 g/mol. The van der Waals surface area contributed by atoms with E-state index in [9.17, 15) is 0 Å². The zero-order valence-electron chi connectivity index (χ0n) is 13.0. The summed E-state index contributed by atoms with van der Waals surface area (Å²) in [4.78, 5) is 8.76. The van der Waals surface area contributed by atoms with Crippen molar-refractivity contribution in [2.75, 3.05) is 43.5 Å². The topological polar surface area (TPSA) is 68.3 Å². The van der Waals surface area contributed by atoms with Crippen molar-refractivity contribution in [1.82, 2.24) is 9.97 Å². The Morgan fingerprint density at radius 3 is 2.62 bits per heavy atom. The van der Waals surface area contributed by atoms with Crippen LogP contribution in [-0.2, 0) is 15.9 Å². The van der Waals surface area contributed by atoms with Gasteiger partial charge in [-0.25, -0.2) is 9.97 Å². The summed E-state index contributed by atoms with van der Waals surface area (Å²) < 4.78 is 11.1. The van der Waals surface area contributed by atoms with Crippen LogP contribution in [0.5, 0.6) is 0 Å². The Kier molecular flexibility index (Phi) is 6.69. The number of aromatic nitrogens is 2. The summed E-state index contributed by atoms with van der Waals surface area (Å²) in [6, 6.07) is 0. The van der Waals surface area contributed by atoms with Gasteiger partial charge in [0.25, 0.3) is 0 Å². The normalized spacial score (nSPS) is 18.5. The second kappa shape index (κ2) is 8.79. The van der Waals surface area contributed by atoms with Gasteiger partial charge in [0.05, 0.1) is 25.9 Å². The first-order valence-corrected chi connectivity index (χ1v) is 7.86. The van der Waals surface area contributed by atoms with E-state index < -0.39 is 0 Å². The molecule has 1 atom stereocenters. The van der Waals surface area contributed by atoms with Crippen LogP contribution in [0.25, 0.3) is 0 Å². The molecule has 1 aromatic rings. The first-order chi connectivity index (χ1) is 10.3. The van der Waals surface area contributed by atoms with Gasteiger partial charge in [-0.05, 0) is 12.8 Å². The SMILES string of the molecule is CCCNc1ncnc(NCC2COCCO2)c1CCC. The van der Waals surface area contributed by atoms with Gasteiger partial charge in [0.15, 0.2) is 0 Å². The first-order valence-electron chi connectivity index (χ1n) is 7.86. The van der Waals surface area contributed by atoms with Gasteiger partial charge >= 0.3 is 0 Å². The molecule has 1 fully saturated rings. The summed E-state index contributed by atoms with van der Waals surface area (Å²) in [5.74, 6) is 1.84. The Balaban J connectivity index is 2.02. The van der Waals surface area contributed by atoms with E-state index in [0.717, 1.165) is 43.0 Å². The van der Waals surface area contributed by atoms with Crippen molar-refractivity contribution >= 4 is 11.6 Å². The lowest BCUT2D eigenvalue weighted by molar-refractivity contribution is -0.0819. The van der Waals surface area contributed by atoms with Crippen LogP contribution in [0.15, 0.2) is 6.33 Å². The minimum Gasteiger partial charge on any atom is -0.376 e. The summed E-state index contributed by atoms with van der Waals surface area (Å²) in [6.45, 7) is 7.94. The third kappa shape index (κ3) is 4.82. The second-order valence-corrected chi connectivity index (χ2v) is 5.17. The number of anilines is 2. The van der Waals surface area contributed by atoms with Gasteiger partial charge in [-0.3, -0.25) is 0 Å². The molecule has 118 valence electrons. The number of rotatable bonds is 8. The lowest BCUT2D eigenvalue weighted by atomic mass is 10.1. The van der Waals surface area contributed by atoms with Crippen molar-refractivity contribution < 1.29 is 9.47 Å². The predicted molar refractivity (Wildman–Crippen MR) is 83.9 cm³/mol. The van der Waals surface area contributed by atoms with Crippen molar-refractivity contribution in [3.63, 3.8) is 0 Å². The molecule has 1 saturated heterocycles. The Morgan fingerprint density at radius 2 is 1.95 bits per heavy atom. The molecule has 1 aliphatic rings. The van der Waals surface area contributed by atoms with Crippen LogP contribution >= 0.6 is 0 Å². The lowest BCUT2D eigenvalue weighted by Crippen LogP contribution is -2.34. The summed E-state index contributed by atoms with van der Waals surface area (Å²) in [5, 5.41) is 6.77. The van der Waals surface area contributed by atoms with Gasteiger partial charge in [0.2, 0.25) is 0 Å². The van der Waals surface area contributed by atoms with Gasteiger partial charge in [-0.2, -0.15) is 0 Å². The number of nitrogens with one attached hydrogen (secondary N) is 2. The summed E-state index contributed by atoms with van der Waals surface area (Å²) >= 11 is 0. The number of hydrogen-bond acceptors (Lipinski definition) is 6. The lowest BCUT2D eigenvalue weighted by Gasteiger charge is -2.24. The fourth-order valence-corrected chi connectivity index (χ4v) is 2.31. The van der Waals surface area contributed by atoms with E-state index >= 15 is 0 Å². The van der Waals surface area contributed by atoms with Gasteiger partial charge in [-0.15, -0.1) is 0 Å². The average Bonchev–Trinajstić information content (AvgIpc) is 2.53. The van der Waals surface area contributed by atoms with Crippen molar-refractivity contribution in [2.24, 2.45) is 0 Å². The standard InChI is InChI=1S/C15H26N4O2/c1-3-5-13-14(16-6-4-2)18-11-19-15(13)17-9-12-10-20-7-8-21-12/h11-12H,3-10H2,1-2H3,(H2,16,17,18,19). The van der Waals surface area contributed by atoms with E-state index in [4.69, 9.17) is 9.47 Å². The van der Waals surface area contributed by atoms with E-state index in [1.54, 1.807) is 6.33 Å². The highest BCUT2D eigenvalue weighted by molar-refractivity contribution is 5.57. The molecular weight excluding hydrogens is 268 g/mol. The maximum absolute atomic E-state index is 5.65. The van der Waals surface area contributed by atoms with Crippen molar-refractivity contribution in [3.05, 3.63) is 11.9 Å². The van der Waals surface area contributed by atoms with E-state index in [-0.39, 0.29) is 6.10 Å². The van der Waals surface area contributed by atoms with Crippen LogP contribution in [0.4, 0.5) is 11.6 Å². The molecule has 0 amide bonds. The largest absolute Gasteiger partial charge is 0.376 e. The third-order valence-electron chi connectivity index (χ3n) is 3.37. The fourth-order valence-electron chi connectivity index (χ4n) is 2.31. The minimum absolute atomic E-state index is 0.0928. The van der Waals surface area contributed by atoms with Crippen LogP contribution in [0.2, 0.25) is 0 Å². The zero-order chi connectivity index (χ0) is 14.9. The van der Waals surface area contributed by atoms with Crippen LogP contribution in [0.1, 0.15) is 32.3 Å². The Bertz CT molecular complexity index is 422. The second-order valence-electron chi connectivity index (χ2n) is 5.17. The van der Waals surface area contributed by atoms with Crippen LogP contribution in [-0.4, -0.2) is 49.0 Å². The highest BCUT2D eigenvalue weighted by atomic mass is 16.6. The molecule has 1 unspecified atom stereocenters. The molecule has 0 spiro atoms. The molecule has 6 heteroatoms. The molecule has 0 aliphatic carbocycles. The first kappa shape index (κ1) is 16.0. The minimum atomic E-state index is 0.0928. The van der Waals surface area contributed by atoms with E-state index in [1.807, 2.05) is 0 Å². The molecule has 6 nitrogen and oxygen atoms in total. The van der Waals surface area contributed by atoms with Crippen LogP contribution in [0, 0.1) is 0 Å². The molecule has 0 radical (unpaired) electrons. The molecule has 2 rings (SSSR count). The molecule has 0 aromatic carbocycles. The molecular formula is C15H26N4O2. The van der Waals surface area contributed by atoms with E-state index in [2.05, 4.69) is 34.4 Å². The fraction of sp³-hybridized carbons (Fsp3) is 0.733. The Hall–Kier alpha value is -1.40. The highest BCUT2D eigenvalue weighted by Gasteiger charge is 2.16. The van der Waals surface area contributed by atoms with Gasteiger partial charge in [0.1, 0.15) is 18.0 Å². The molecule has 21 heavy (non-hydrogen) atoms. The number of hydrogen-bond donors (Lipinski definition) is 2. The predicted octanol–water partition coefficient (Wildman–Crippen LogP) is 2.08. The highest BCUT2D eigenvalue weighted by Crippen LogP contribution is 2.22. The third-order valence-corrected chi connectivity index (χ3v) is 3.37. The van der Waals surface area contributed by atoms with Gasteiger partial charge < -0.3 is 20.1 Å². The molecule has 0 bridgehead atoms. The smallest absolute Gasteiger partial charge is 0.134 e. The molecule has 1 aliphatic heterocycles. The quantitative estimate of drug-likeness (QED) is 0.765. The summed E-state index contributed by atoms with van der Waals surface area (Å²) in [6.07, 6.45) is 4.79. The maximum Gasteiger partial charge on any atom is 0.134 e. The van der Waals surface area contributed by atoms with Crippen molar-refractivity contribution in [3.8, 4) is 0 Å². The Morgan fingerprint density at radius 1 is 1.14 bits per heavy atom. The van der Waals surface area contributed by atoms with E-state index in [0.29, 0.717) is 26.4 Å². The summed E-state index contributed by atoms with van der Waals surface area (Å²) in [7, 11) is 0. The molecule has 1 aromatic heterocycles. The number of nitrogens with zero attached hydrogens (tertiary/aromatic N) is 2. The maximum atomic E-state index is 5.65. The van der Waals surface area contributed by atoms with Crippen molar-refractivity contribution in [1.29, 1.82) is 0 Å². The number of ether oxygens (including phenoxy) is 2. The van der Waals surface area contributed by atoms with Crippen LogP contribution in [0.3, 0.4) is 0 Å². The van der Waals surface area contributed by atoms with Crippen molar-refractivity contribution in [2.45, 2.75) is 39.2 Å². The molecule has 0 saturated carbocycles. The monoisotopic (exact) mass is 294 g/mol. The Labute approximate surface area is 126 Å². The van der Waals surface area contributed by atoms with Crippen LogP contribution < -0.4 is 10.6 Å².